The van der Waals surface area contributed by atoms with Gasteiger partial charge in [-0.05, 0) is 43.4 Å². The molecule has 0 bridgehead atoms. The monoisotopic (exact) mass is 361 g/mol. The predicted octanol–water partition coefficient (Wildman–Crippen LogP) is 1.68. The molecular formula is C17H23N5O2S. The van der Waals surface area contributed by atoms with Gasteiger partial charge in [-0.15, -0.1) is 0 Å². The molecule has 0 saturated carbocycles. The molecule has 0 fully saturated rings. The molecule has 7 nitrogen and oxygen atoms in total. The van der Waals surface area contributed by atoms with Gasteiger partial charge in [0.25, 0.3) is 0 Å². The molecule has 0 spiro atoms. The van der Waals surface area contributed by atoms with Crippen LogP contribution < -0.4 is 15.4 Å². The number of fused-ring (bicyclic) bond motifs is 1. The molecule has 25 heavy (non-hydrogen) atoms. The lowest BCUT2D eigenvalue weighted by molar-refractivity contribution is 0.598. The Bertz CT molecular complexity index is 863. The van der Waals surface area contributed by atoms with Crippen molar-refractivity contribution >= 4 is 21.8 Å². The van der Waals surface area contributed by atoms with E-state index in [1.807, 2.05) is 19.0 Å². The van der Waals surface area contributed by atoms with E-state index in [1.165, 1.54) is 17.7 Å². The molecule has 0 amide bonds. The molecule has 1 aromatic heterocycles. The lowest BCUT2D eigenvalue weighted by atomic mass is 9.96. The Morgan fingerprint density at radius 2 is 1.80 bits per heavy atom. The van der Waals surface area contributed by atoms with Gasteiger partial charge in [-0.1, -0.05) is 12.1 Å². The smallest absolute Gasteiger partial charge is 0.238 e. The largest absolute Gasteiger partial charge is 0.366 e. The maximum absolute atomic E-state index is 11.3. The van der Waals surface area contributed by atoms with Gasteiger partial charge in [0.1, 0.15) is 5.82 Å². The van der Waals surface area contributed by atoms with E-state index < -0.39 is 10.0 Å². The van der Waals surface area contributed by atoms with Gasteiger partial charge in [0.2, 0.25) is 16.0 Å². The van der Waals surface area contributed by atoms with Crippen LogP contribution in [0, 0.1) is 0 Å². The van der Waals surface area contributed by atoms with Crippen molar-refractivity contribution in [1.82, 2.24) is 9.97 Å². The highest BCUT2D eigenvalue weighted by Crippen LogP contribution is 2.27. The number of rotatable bonds is 5. The van der Waals surface area contributed by atoms with Crippen LogP contribution in [0.4, 0.5) is 11.8 Å². The summed E-state index contributed by atoms with van der Waals surface area (Å²) in [7, 11) is 0.201. The van der Waals surface area contributed by atoms with Gasteiger partial charge in [0.15, 0.2) is 0 Å². The zero-order valence-electron chi connectivity index (χ0n) is 14.5. The highest BCUT2D eigenvalue weighted by molar-refractivity contribution is 7.89. The van der Waals surface area contributed by atoms with Gasteiger partial charge in [-0.2, -0.15) is 4.98 Å². The minimum absolute atomic E-state index is 0.116. The Morgan fingerprint density at radius 3 is 2.44 bits per heavy atom. The van der Waals surface area contributed by atoms with Crippen molar-refractivity contribution in [1.29, 1.82) is 0 Å². The Hall–Kier alpha value is -2.19. The molecule has 0 saturated heterocycles. The van der Waals surface area contributed by atoms with E-state index in [-0.39, 0.29) is 4.90 Å². The average Bonchev–Trinajstić information content (AvgIpc) is 2.59. The molecule has 0 radical (unpaired) electrons. The molecule has 3 rings (SSSR count). The summed E-state index contributed by atoms with van der Waals surface area (Å²) in [6.45, 7) is 0.557. The summed E-state index contributed by atoms with van der Waals surface area (Å²) in [6.07, 6.45) is 4.27. The van der Waals surface area contributed by atoms with Crippen molar-refractivity contribution < 1.29 is 8.42 Å². The van der Waals surface area contributed by atoms with Gasteiger partial charge in [0, 0.05) is 26.2 Å². The summed E-state index contributed by atoms with van der Waals surface area (Å²) in [4.78, 5) is 11.3. The third kappa shape index (κ3) is 4.08. The highest BCUT2D eigenvalue weighted by Gasteiger charge is 2.18. The normalized spacial score (nSPS) is 14.0. The molecule has 0 unspecified atom stereocenters. The first kappa shape index (κ1) is 17.6. The fourth-order valence-corrected chi connectivity index (χ4v) is 3.43. The van der Waals surface area contributed by atoms with E-state index in [4.69, 9.17) is 5.14 Å². The number of aromatic nitrogens is 2. The van der Waals surface area contributed by atoms with E-state index in [1.54, 1.807) is 12.1 Å². The second kappa shape index (κ2) is 6.97. The maximum atomic E-state index is 11.3. The molecule has 8 heteroatoms. The number of nitrogens with one attached hydrogen (secondary N) is 1. The number of aryl methyl sites for hydroxylation is 1. The van der Waals surface area contributed by atoms with Crippen LogP contribution in [0.3, 0.4) is 0 Å². The number of nitrogens with two attached hydrogens (primary N) is 1. The van der Waals surface area contributed by atoms with E-state index in [0.717, 1.165) is 42.8 Å². The van der Waals surface area contributed by atoms with Crippen LogP contribution in [0.25, 0.3) is 0 Å². The van der Waals surface area contributed by atoms with Crippen molar-refractivity contribution in [3.8, 4) is 0 Å². The number of nitrogens with zero attached hydrogens (tertiary/aromatic N) is 3. The predicted molar refractivity (Wildman–Crippen MR) is 98.1 cm³/mol. The van der Waals surface area contributed by atoms with Crippen LogP contribution in [0.1, 0.15) is 29.7 Å². The molecule has 0 atom stereocenters. The Labute approximate surface area is 148 Å². The Kier molecular flexibility index (Phi) is 4.91. The second-order valence-corrected chi connectivity index (χ2v) is 8.00. The van der Waals surface area contributed by atoms with E-state index in [9.17, 15) is 8.42 Å². The summed E-state index contributed by atoms with van der Waals surface area (Å²) in [6, 6.07) is 6.56. The number of sulfonamides is 1. The summed E-state index contributed by atoms with van der Waals surface area (Å²) < 4.78 is 22.7. The van der Waals surface area contributed by atoms with Crippen LogP contribution in [-0.2, 0) is 29.4 Å². The van der Waals surface area contributed by atoms with Crippen molar-refractivity contribution in [2.24, 2.45) is 5.14 Å². The molecule has 1 aliphatic rings. The summed E-state index contributed by atoms with van der Waals surface area (Å²) in [5.74, 6) is 1.57. The highest BCUT2D eigenvalue weighted by atomic mass is 32.2. The van der Waals surface area contributed by atoms with Crippen molar-refractivity contribution in [3.63, 3.8) is 0 Å². The molecule has 1 heterocycles. The molecule has 1 aromatic carbocycles. The van der Waals surface area contributed by atoms with Gasteiger partial charge >= 0.3 is 0 Å². The molecule has 1 aliphatic carbocycles. The van der Waals surface area contributed by atoms with Crippen LogP contribution in [0.5, 0.6) is 0 Å². The molecule has 0 aliphatic heterocycles. The standard InChI is InChI=1S/C17H23N5O2S/c1-22(2)17-20-15-6-4-3-5-14(15)16(21-17)19-11-12-7-9-13(10-8-12)25(18,23)24/h7-10H,3-6,11H2,1-2H3,(H2,18,23,24)(H,19,20,21). The zero-order chi connectivity index (χ0) is 18.0. The SMILES string of the molecule is CN(C)c1nc2c(c(NCc3ccc(S(N)(=O)=O)cc3)n1)CCCC2. The third-order valence-electron chi connectivity index (χ3n) is 4.28. The van der Waals surface area contributed by atoms with Crippen LogP contribution in [-0.4, -0.2) is 32.5 Å². The topological polar surface area (TPSA) is 101 Å². The number of benzene rings is 1. The quantitative estimate of drug-likeness (QED) is 0.840. The Morgan fingerprint density at radius 1 is 1.12 bits per heavy atom. The van der Waals surface area contributed by atoms with E-state index in [0.29, 0.717) is 12.5 Å². The Balaban J connectivity index is 1.82. The fourth-order valence-electron chi connectivity index (χ4n) is 2.91. The first-order valence-electron chi connectivity index (χ1n) is 8.27. The number of primary sulfonamides is 1. The molecular weight excluding hydrogens is 338 g/mol. The number of hydrogen-bond donors (Lipinski definition) is 2. The van der Waals surface area contributed by atoms with Gasteiger partial charge in [0.05, 0.1) is 10.6 Å². The summed E-state index contributed by atoms with van der Waals surface area (Å²) in [5.41, 5.74) is 3.28. The van der Waals surface area contributed by atoms with E-state index in [2.05, 4.69) is 15.3 Å². The first-order chi connectivity index (χ1) is 11.8. The fraction of sp³-hybridized carbons (Fsp3) is 0.412. The minimum atomic E-state index is -3.66. The number of anilines is 2. The van der Waals surface area contributed by atoms with Crippen molar-refractivity contribution in [2.75, 3.05) is 24.3 Å². The molecule has 3 N–H and O–H groups in total. The summed E-state index contributed by atoms with van der Waals surface area (Å²) >= 11 is 0. The van der Waals surface area contributed by atoms with Gasteiger partial charge in [-0.25, -0.2) is 18.5 Å². The third-order valence-corrected chi connectivity index (χ3v) is 5.21. The number of hydrogen-bond acceptors (Lipinski definition) is 6. The lowest BCUT2D eigenvalue weighted by Gasteiger charge is -2.21. The first-order valence-corrected chi connectivity index (χ1v) is 9.82. The van der Waals surface area contributed by atoms with Crippen LogP contribution in [0.2, 0.25) is 0 Å². The molecule has 134 valence electrons. The zero-order valence-corrected chi connectivity index (χ0v) is 15.3. The summed E-state index contributed by atoms with van der Waals surface area (Å²) in [5, 5.41) is 8.51. The molecule has 2 aromatic rings. The van der Waals surface area contributed by atoms with Gasteiger partial charge < -0.3 is 10.2 Å². The van der Waals surface area contributed by atoms with Crippen LogP contribution >= 0.6 is 0 Å². The van der Waals surface area contributed by atoms with Crippen molar-refractivity contribution in [3.05, 3.63) is 41.1 Å². The van der Waals surface area contributed by atoms with Crippen molar-refractivity contribution in [2.45, 2.75) is 37.1 Å². The lowest BCUT2D eigenvalue weighted by Crippen LogP contribution is -2.19. The van der Waals surface area contributed by atoms with Gasteiger partial charge in [-0.3, -0.25) is 0 Å². The average molecular weight is 361 g/mol. The second-order valence-electron chi connectivity index (χ2n) is 6.44. The van der Waals surface area contributed by atoms with Crippen LogP contribution in [0.15, 0.2) is 29.2 Å². The minimum Gasteiger partial charge on any atom is -0.366 e. The van der Waals surface area contributed by atoms with E-state index >= 15 is 0 Å². The maximum Gasteiger partial charge on any atom is 0.238 e.